The third-order valence-corrected chi connectivity index (χ3v) is 6.82. The summed E-state index contributed by atoms with van der Waals surface area (Å²) < 4.78 is 2.59. The number of aryl methyl sites for hydroxylation is 2. The largest absolute Gasteiger partial charge is 0.355 e. The van der Waals surface area contributed by atoms with E-state index in [4.69, 9.17) is 0 Å². The maximum absolute atomic E-state index is 3.61. The summed E-state index contributed by atoms with van der Waals surface area (Å²) in [5, 5.41) is 2.68. The van der Waals surface area contributed by atoms with E-state index in [1.807, 2.05) is 0 Å². The molecule has 2 nitrogen and oxygen atoms in total. The molecular weight excluding hydrogens is 364 g/mol. The Morgan fingerprint density at radius 2 is 1.70 bits per heavy atom. The van der Waals surface area contributed by atoms with Crippen molar-refractivity contribution in [3.8, 4) is 0 Å². The number of nitrogens with zero attached hydrogens (tertiary/aromatic N) is 1. The highest BCUT2D eigenvalue weighted by Crippen LogP contribution is 2.48. The molecule has 0 amide bonds. The van der Waals surface area contributed by atoms with Gasteiger partial charge >= 0.3 is 0 Å². The van der Waals surface area contributed by atoms with Gasteiger partial charge in [-0.05, 0) is 70.4 Å². The summed E-state index contributed by atoms with van der Waals surface area (Å²) in [4.78, 5) is 3.61. The van der Waals surface area contributed by atoms with Crippen LogP contribution < -0.4 is 0 Å². The molecule has 0 spiro atoms. The van der Waals surface area contributed by atoms with Crippen molar-refractivity contribution in [3.63, 3.8) is 0 Å². The van der Waals surface area contributed by atoms with Crippen LogP contribution in [0, 0.1) is 13.8 Å². The number of nitrogens with one attached hydrogen (secondary N) is 1. The van der Waals surface area contributed by atoms with Gasteiger partial charge in [0.25, 0.3) is 0 Å². The second-order valence-corrected chi connectivity index (χ2v) is 9.32. The molecule has 2 atom stereocenters. The number of aromatic nitrogens is 2. The number of hydrogen-bond acceptors (Lipinski definition) is 0. The van der Waals surface area contributed by atoms with Gasteiger partial charge in [-0.15, -0.1) is 0 Å². The second-order valence-electron chi connectivity index (χ2n) is 9.32. The van der Waals surface area contributed by atoms with Crippen molar-refractivity contribution in [1.82, 2.24) is 9.55 Å². The Kier molecular flexibility index (Phi) is 4.28. The first-order chi connectivity index (χ1) is 14.4. The third-order valence-electron chi connectivity index (χ3n) is 6.82. The van der Waals surface area contributed by atoms with Crippen molar-refractivity contribution >= 4 is 27.9 Å². The number of fused-ring (bicyclic) bond motifs is 4. The lowest BCUT2D eigenvalue weighted by molar-refractivity contribution is 0.439. The first kappa shape index (κ1) is 19.0. The van der Waals surface area contributed by atoms with Crippen LogP contribution in [0.3, 0.4) is 0 Å². The molecule has 0 saturated carbocycles. The Labute approximate surface area is 178 Å². The van der Waals surface area contributed by atoms with Crippen LogP contribution in [0.4, 0.5) is 0 Å². The van der Waals surface area contributed by atoms with Crippen molar-refractivity contribution in [1.29, 1.82) is 0 Å². The minimum Gasteiger partial charge on any atom is -0.355 e. The van der Waals surface area contributed by atoms with Crippen LogP contribution >= 0.6 is 0 Å². The average Bonchev–Trinajstić information content (AvgIpc) is 3.31. The minimum atomic E-state index is -0.0659. The van der Waals surface area contributed by atoms with Gasteiger partial charge in [0.2, 0.25) is 0 Å². The summed E-state index contributed by atoms with van der Waals surface area (Å²) in [6.45, 7) is 11.3. The van der Waals surface area contributed by atoms with Gasteiger partial charge in [-0.2, -0.15) is 0 Å². The Hall–Kier alpha value is -3.00. The monoisotopic (exact) mass is 394 g/mol. The van der Waals surface area contributed by atoms with E-state index in [0.29, 0.717) is 5.92 Å². The highest BCUT2D eigenvalue weighted by atomic mass is 15.1. The lowest BCUT2D eigenvalue weighted by Crippen LogP contribution is -2.23. The van der Waals surface area contributed by atoms with Crippen LogP contribution in [-0.4, -0.2) is 9.55 Å². The number of H-pyrrole nitrogens is 1. The molecule has 0 aliphatic carbocycles. The van der Waals surface area contributed by atoms with E-state index in [1.54, 1.807) is 0 Å². The van der Waals surface area contributed by atoms with Crippen LogP contribution in [0.15, 0.2) is 66.3 Å². The van der Waals surface area contributed by atoms with E-state index in [-0.39, 0.29) is 5.54 Å². The minimum absolute atomic E-state index is 0.0659. The standard InChI is InChI=1S/C28H30N2/c1-18(2)16-21-17-28(5,30-26-13-9-7-11-23(26)20(4)27(21)30)15-14-24-19(3)22-10-6-8-12-25(22)29-24/h6-16,21,29H,17H2,1-5H3/b15-14+/t21-,28+/m0/s1. The number of rotatable bonds is 3. The fourth-order valence-electron chi connectivity index (χ4n) is 5.46. The molecule has 0 bridgehead atoms. The number of hydrogen-bond donors (Lipinski definition) is 1. The van der Waals surface area contributed by atoms with Crippen molar-refractivity contribution in [2.45, 2.75) is 52.5 Å². The molecule has 0 fully saturated rings. The van der Waals surface area contributed by atoms with Gasteiger partial charge in [-0.3, -0.25) is 0 Å². The lowest BCUT2D eigenvalue weighted by atomic mass is 9.89. The number of para-hydroxylation sites is 2. The van der Waals surface area contributed by atoms with Gasteiger partial charge < -0.3 is 9.55 Å². The van der Waals surface area contributed by atoms with E-state index in [1.165, 1.54) is 49.9 Å². The summed E-state index contributed by atoms with van der Waals surface area (Å²) in [6, 6.07) is 17.4. The fourth-order valence-corrected chi connectivity index (χ4v) is 5.46. The molecule has 2 heteroatoms. The van der Waals surface area contributed by atoms with Crippen molar-refractivity contribution < 1.29 is 0 Å². The van der Waals surface area contributed by atoms with E-state index < -0.39 is 0 Å². The first-order valence-electron chi connectivity index (χ1n) is 10.9. The molecule has 2 aromatic carbocycles. The Morgan fingerprint density at radius 1 is 1.00 bits per heavy atom. The quantitative estimate of drug-likeness (QED) is 0.345. The smallest absolute Gasteiger partial charge is 0.0616 e. The summed E-state index contributed by atoms with van der Waals surface area (Å²) >= 11 is 0. The van der Waals surface area contributed by atoms with Crippen molar-refractivity contribution in [2.75, 3.05) is 0 Å². The van der Waals surface area contributed by atoms with Gasteiger partial charge in [0.15, 0.2) is 0 Å². The lowest BCUT2D eigenvalue weighted by Gasteiger charge is -2.25. The molecule has 2 aromatic heterocycles. The Balaban J connectivity index is 1.67. The van der Waals surface area contributed by atoms with Gasteiger partial charge in [-0.25, -0.2) is 0 Å². The molecule has 152 valence electrons. The zero-order chi connectivity index (χ0) is 21.0. The fraction of sp³-hybridized carbons (Fsp3) is 0.286. The molecule has 0 saturated heterocycles. The summed E-state index contributed by atoms with van der Waals surface area (Å²) in [7, 11) is 0. The summed E-state index contributed by atoms with van der Waals surface area (Å²) in [5.41, 5.74) is 9.28. The van der Waals surface area contributed by atoms with E-state index in [0.717, 1.165) is 6.42 Å². The molecule has 1 N–H and O–H groups in total. The highest BCUT2D eigenvalue weighted by molar-refractivity contribution is 5.88. The zero-order valence-corrected chi connectivity index (χ0v) is 18.6. The zero-order valence-electron chi connectivity index (χ0n) is 18.6. The van der Waals surface area contributed by atoms with Crippen molar-refractivity contribution in [3.05, 3.63) is 88.8 Å². The van der Waals surface area contributed by atoms with E-state index in [2.05, 4.69) is 111 Å². The second kappa shape index (κ2) is 6.77. The first-order valence-corrected chi connectivity index (χ1v) is 10.9. The van der Waals surface area contributed by atoms with Gasteiger partial charge in [0.1, 0.15) is 0 Å². The van der Waals surface area contributed by atoms with Crippen LogP contribution in [-0.2, 0) is 5.54 Å². The molecular formula is C28H30N2. The molecule has 1 aliphatic heterocycles. The molecule has 5 rings (SSSR count). The molecule has 4 aromatic rings. The van der Waals surface area contributed by atoms with Crippen LogP contribution in [0.1, 0.15) is 55.6 Å². The maximum atomic E-state index is 3.61. The normalized spacial score (nSPS) is 21.0. The molecule has 1 aliphatic rings. The SMILES string of the molecule is CC(C)=C[C@H]1C[C@@](C)(/C=C/c2[nH]c3ccccc3c2C)n2c1c(C)c1ccccc12. The van der Waals surface area contributed by atoms with Crippen molar-refractivity contribution in [2.24, 2.45) is 0 Å². The highest BCUT2D eigenvalue weighted by Gasteiger charge is 2.40. The predicted octanol–water partition coefficient (Wildman–Crippen LogP) is 7.62. The van der Waals surface area contributed by atoms with E-state index in [9.17, 15) is 0 Å². The maximum Gasteiger partial charge on any atom is 0.0616 e. The number of allylic oxidation sites excluding steroid dienone is 3. The number of aromatic amines is 1. The summed E-state index contributed by atoms with van der Waals surface area (Å²) in [5.74, 6) is 0.445. The van der Waals surface area contributed by atoms with Crippen LogP contribution in [0.2, 0.25) is 0 Å². The molecule has 30 heavy (non-hydrogen) atoms. The predicted molar refractivity (Wildman–Crippen MR) is 129 cm³/mol. The van der Waals surface area contributed by atoms with Gasteiger partial charge in [0.05, 0.1) is 5.54 Å². The number of benzene rings is 2. The third kappa shape index (κ3) is 2.78. The average molecular weight is 395 g/mol. The van der Waals surface area contributed by atoms with Crippen LogP contribution in [0.5, 0.6) is 0 Å². The topological polar surface area (TPSA) is 20.7 Å². The van der Waals surface area contributed by atoms with Crippen LogP contribution in [0.25, 0.3) is 27.9 Å². The Morgan fingerprint density at radius 3 is 2.43 bits per heavy atom. The van der Waals surface area contributed by atoms with Gasteiger partial charge in [0, 0.05) is 39.1 Å². The van der Waals surface area contributed by atoms with E-state index >= 15 is 0 Å². The molecule has 0 radical (unpaired) electrons. The molecule has 3 heterocycles. The summed E-state index contributed by atoms with van der Waals surface area (Å²) in [6.07, 6.45) is 8.26. The molecule has 0 unspecified atom stereocenters. The Bertz CT molecular complexity index is 1320. The van der Waals surface area contributed by atoms with Gasteiger partial charge in [-0.1, -0.05) is 54.1 Å².